The first-order valence-corrected chi connectivity index (χ1v) is 8.22. The van der Waals surface area contributed by atoms with E-state index in [0.717, 1.165) is 12.8 Å². The van der Waals surface area contributed by atoms with Crippen LogP contribution in [0.25, 0.3) is 6.08 Å². The molecule has 1 amide bonds. The fourth-order valence-electron chi connectivity index (χ4n) is 2.59. The summed E-state index contributed by atoms with van der Waals surface area (Å²) in [7, 11) is 0. The van der Waals surface area contributed by atoms with Crippen molar-refractivity contribution in [3.63, 3.8) is 0 Å². The zero-order valence-electron chi connectivity index (χ0n) is 12.1. The van der Waals surface area contributed by atoms with E-state index in [9.17, 15) is 4.79 Å². The number of rotatable bonds is 2. The zero-order chi connectivity index (χ0) is 15.4. The number of pyridine rings is 1. The minimum Gasteiger partial charge on any atom is -0.301 e. The van der Waals surface area contributed by atoms with Gasteiger partial charge in [0.25, 0.3) is 5.91 Å². The first-order valence-electron chi connectivity index (χ1n) is 7.40. The Morgan fingerprint density at radius 2 is 2.18 bits per heavy atom. The second-order valence-corrected chi connectivity index (χ2v) is 6.38. The number of amidine groups is 1. The molecule has 5 nitrogen and oxygen atoms in total. The van der Waals surface area contributed by atoms with Crippen LogP contribution in [-0.4, -0.2) is 22.1 Å². The third-order valence-corrected chi connectivity index (χ3v) is 4.61. The van der Waals surface area contributed by atoms with Gasteiger partial charge < -0.3 is 5.32 Å². The van der Waals surface area contributed by atoms with Gasteiger partial charge in [0.1, 0.15) is 11.8 Å². The van der Waals surface area contributed by atoms with Gasteiger partial charge >= 0.3 is 0 Å². The van der Waals surface area contributed by atoms with E-state index in [4.69, 9.17) is 5.26 Å². The van der Waals surface area contributed by atoms with Crippen molar-refractivity contribution in [3.8, 4) is 6.07 Å². The normalized spacial score (nSPS) is 22.8. The molecule has 0 spiro atoms. The lowest BCUT2D eigenvalue weighted by Gasteiger charge is -2.17. The van der Waals surface area contributed by atoms with Crippen molar-refractivity contribution in [2.24, 2.45) is 4.99 Å². The number of aliphatic imine (C=N–C) groups is 1. The summed E-state index contributed by atoms with van der Waals surface area (Å²) in [5.74, 6) is -0.149. The van der Waals surface area contributed by atoms with Crippen LogP contribution < -0.4 is 5.32 Å². The van der Waals surface area contributed by atoms with E-state index >= 15 is 0 Å². The fraction of sp³-hybridized carbons (Fsp3) is 0.375. The molecule has 1 aromatic heterocycles. The topological polar surface area (TPSA) is 78.1 Å². The first kappa shape index (κ1) is 14.8. The highest BCUT2D eigenvalue weighted by Gasteiger charge is 2.25. The Labute approximate surface area is 133 Å². The molecule has 3 rings (SSSR count). The van der Waals surface area contributed by atoms with Crippen molar-refractivity contribution in [2.75, 3.05) is 0 Å². The van der Waals surface area contributed by atoms with Gasteiger partial charge in [-0.1, -0.05) is 25.3 Å². The molecule has 1 saturated heterocycles. The fourth-order valence-corrected chi connectivity index (χ4v) is 3.47. The Morgan fingerprint density at radius 1 is 1.36 bits per heavy atom. The van der Waals surface area contributed by atoms with Crippen molar-refractivity contribution < 1.29 is 4.79 Å². The molecule has 22 heavy (non-hydrogen) atoms. The highest BCUT2D eigenvalue weighted by molar-refractivity contribution is 8.18. The van der Waals surface area contributed by atoms with Crippen LogP contribution in [0.3, 0.4) is 0 Å². The minimum absolute atomic E-state index is 0.149. The molecule has 2 heterocycles. The Kier molecular flexibility index (Phi) is 4.54. The quantitative estimate of drug-likeness (QED) is 0.852. The summed E-state index contributed by atoms with van der Waals surface area (Å²) < 4.78 is 0. The van der Waals surface area contributed by atoms with Crippen LogP contribution in [0.2, 0.25) is 0 Å². The molecule has 0 aromatic carbocycles. The van der Waals surface area contributed by atoms with E-state index in [1.165, 1.54) is 31.0 Å². The lowest BCUT2D eigenvalue weighted by Crippen LogP contribution is -2.22. The Morgan fingerprint density at radius 3 is 2.95 bits per heavy atom. The summed E-state index contributed by atoms with van der Waals surface area (Å²) in [5, 5.41) is 12.4. The summed E-state index contributed by atoms with van der Waals surface area (Å²) in [4.78, 5) is 21.4. The Balaban J connectivity index is 1.75. The lowest BCUT2D eigenvalue weighted by molar-refractivity contribution is -0.115. The second-order valence-electron chi connectivity index (χ2n) is 5.35. The van der Waals surface area contributed by atoms with Crippen LogP contribution in [0.15, 0.2) is 28.1 Å². The number of nitrogens with one attached hydrogen (secondary N) is 1. The maximum absolute atomic E-state index is 12.0. The predicted molar refractivity (Wildman–Crippen MR) is 87.0 cm³/mol. The smallest absolute Gasteiger partial charge is 0.264 e. The van der Waals surface area contributed by atoms with Crippen LogP contribution in [0.1, 0.15) is 43.5 Å². The predicted octanol–water partition coefficient (Wildman–Crippen LogP) is 2.85. The molecule has 1 aliphatic carbocycles. The highest BCUT2D eigenvalue weighted by atomic mass is 32.2. The maximum Gasteiger partial charge on any atom is 0.264 e. The van der Waals surface area contributed by atoms with Gasteiger partial charge in [-0.05, 0) is 42.8 Å². The number of nitriles is 1. The van der Waals surface area contributed by atoms with Crippen LogP contribution in [-0.2, 0) is 4.79 Å². The van der Waals surface area contributed by atoms with Crippen molar-refractivity contribution in [1.82, 2.24) is 10.3 Å². The van der Waals surface area contributed by atoms with E-state index in [1.54, 1.807) is 24.3 Å². The van der Waals surface area contributed by atoms with Crippen molar-refractivity contribution in [1.29, 1.82) is 5.26 Å². The van der Waals surface area contributed by atoms with E-state index in [1.807, 2.05) is 6.07 Å². The van der Waals surface area contributed by atoms with Gasteiger partial charge in [-0.3, -0.25) is 9.79 Å². The average molecular weight is 312 g/mol. The van der Waals surface area contributed by atoms with Crippen molar-refractivity contribution in [3.05, 3.63) is 34.5 Å². The Bertz CT molecular complexity index is 684. The summed E-state index contributed by atoms with van der Waals surface area (Å²) in [6.45, 7) is 0. The molecule has 1 saturated carbocycles. The number of carbonyl (C=O) groups excluding carboxylic acids is 1. The molecule has 1 aliphatic heterocycles. The number of amides is 1. The average Bonchev–Trinajstić information content (AvgIpc) is 2.88. The van der Waals surface area contributed by atoms with Crippen LogP contribution in [0.5, 0.6) is 0 Å². The summed E-state index contributed by atoms with van der Waals surface area (Å²) in [5.41, 5.74) is 0.949. The number of hydrogen-bond donors (Lipinski definition) is 1. The van der Waals surface area contributed by atoms with Crippen LogP contribution in [0.4, 0.5) is 0 Å². The minimum atomic E-state index is -0.149. The number of carbonyl (C=O) groups is 1. The molecule has 112 valence electrons. The van der Waals surface area contributed by atoms with E-state index in [2.05, 4.69) is 15.3 Å². The highest BCUT2D eigenvalue weighted by Crippen LogP contribution is 2.28. The largest absolute Gasteiger partial charge is 0.301 e. The molecule has 0 unspecified atom stereocenters. The SMILES string of the molecule is N#Cc1cccc(/C=C2\SC(=NC3CCCCC3)NC2=O)n1. The molecule has 0 radical (unpaired) electrons. The second kappa shape index (κ2) is 6.75. The van der Waals surface area contributed by atoms with Crippen LogP contribution >= 0.6 is 11.8 Å². The van der Waals surface area contributed by atoms with Gasteiger partial charge in [-0.15, -0.1) is 0 Å². The maximum atomic E-state index is 12.0. The van der Waals surface area contributed by atoms with Gasteiger partial charge in [0.05, 0.1) is 16.6 Å². The summed E-state index contributed by atoms with van der Waals surface area (Å²) in [6, 6.07) is 7.50. The molecule has 1 N–H and O–H groups in total. The number of thioether (sulfide) groups is 1. The third kappa shape index (κ3) is 3.55. The Hall–Kier alpha value is -2.13. The molecular weight excluding hydrogens is 296 g/mol. The molecule has 6 heteroatoms. The summed E-state index contributed by atoms with van der Waals surface area (Å²) in [6.07, 6.45) is 7.62. The molecule has 2 fully saturated rings. The number of nitrogens with zero attached hydrogens (tertiary/aromatic N) is 3. The molecule has 2 aliphatic rings. The van der Waals surface area contributed by atoms with Gasteiger partial charge in [-0.2, -0.15) is 5.26 Å². The third-order valence-electron chi connectivity index (χ3n) is 3.69. The lowest BCUT2D eigenvalue weighted by atomic mass is 9.96. The monoisotopic (exact) mass is 312 g/mol. The number of aromatic nitrogens is 1. The van der Waals surface area contributed by atoms with Gasteiger partial charge in [0, 0.05) is 0 Å². The zero-order valence-corrected chi connectivity index (χ0v) is 12.9. The van der Waals surface area contributed by atoms with Crippen molar-refractivity contribution >= 4 is 28.9 Å². The van der Waals surface area contributed by atoms with E-state index in [0.29, 0.717) is 27.5 Å². The number of hydrogen-bond acceptors (Lipinski definition) is 5. The van der Waals surface area contributed by atoms with E-state index < -0.39 is 0 Å². The van der Waals surface area contributed by atoms with Crippen LogP contribution in [0, 0.1) is 11.3 Å². The molecule has 0 atom stereocenters. The standard InChI is InChI=1S/C16H16N4OS/c17-10-13-8-4-7-12(18-13)9-14-15(21)20-16(22-14)19-11-5-2-1-3-6-11/h4,7-9,11H,1-3,5-6H2,(H,19,20,21)/b14-9-. The summed E-state index contributed by atoms with van der Waals surface area (Å²) >= 11 is 1.35. The van der Waals surface area contributed by atoms with Crippen molar-refractivity contribution in [2.45, 2.75) is 38.1 Å². The molecular formula is C16H16N4OS. The van der Waals surface area contributed by atoms with Gasteiger partial charge in [0.15, 0.2) is 5.17 Å². The van der Waals surface area contributed by atoms with E-state index in [-0.39, 0.29) is 5.91 Å². The first-order chi connectivity index (χ1) is 10.7. The molecule has 0 bridgehead atoms. The molecule has 1 aromatic rings. The van der Waals surface area contributed by atoms with Gasteiger partial charge in [-0.25, -0.2) is 4.98 Å². The van der Waals surface area contributed by atoms with Gasteiger partial charge in [0.2, 0.25) is 0 Å².